The van der Waals surface area contributed by atoms with Crippen molar-refractivity contribution in [2.45, 2.75) is 6.10 Å². The minimum atomic E-state index is -0.683. The number of aromatic nitrogens is 1. The summed E-state index contributed by atoms with van der Waals surface area (Å²) in [4.78, 5) is 29.6. The number of amides is 2. The molecule has 1 aliphatic rings. The fraction of sp³-hybridized carbons (Fsp3) is 0.211. The van der Waals surface area contributed by atoms with Crippen molar-refractivity contribution in [3.05, 3.63) is 61.4 Å². The average Bonchev–Trinajstić information content (AvgIpc) is 2.68. The van der Waals surface area contributed by atoms with E-state index in [2.05, 4.69) is 16.9 Å². The highest BCUT2D eigenvalue weighted by atomic mass is 16.5. The topological polar surface area (TPSA) is 71.5 Å². The van der Waals surface area contributed by atoms with Crippen LogP contribution in [0.5, 0.6) is 0 Å². The number of hydrogen-bond acceptors (Lipinski definition) is 4. The van der Waals surface area contributed by atoms with Crippen LogP contribution in [0, 0.1) is 0 Å². The second-order valence-electron chi connectivity index (χ2n) is 5.65. The molecule has 2 aromatic rings. The second-order valence-corrected chi connectivity index (χ2v) is 5.65. The van der Waals surface area contributed by atoms with Crippen molar-refractivity contribution in [2.24, 2.45) is 0 Å². The van der Waals surface area contributed by atoms with Crippen LogP contribution in [-0.4, -0.2) is 47.5 Å². The first-order valence-electron chi connectivity index (χ1n) is 8.01. The minimum absolute atomic E-state index is 0.192. The molecule has 6 nitrogen and oxygen atoms in total. The third-order valence-corrected chi connectivity index (χ3v) is 4.01. The molecule has 6 heteroatoms. The highest BCUT2D eigenvalue weighted by Gasteiger charge is 2.28. The summed E-state index contributed by atoms with van der Waals surface area (Å²) >= 11 is 0. The molecule has 1 aromatic heterocycles. The monoisotopic (exact) mass is 337 g/mol. The van der Waals surface area contributed by atoms with Gasteiger partial charge in [0.25, 0.3) is 5.91 Å². The van der Waals surface area contributed by atoms with Gasteiger partial charge in [0.2, 0.25) is 5.91 Å². The third-order valence-electron chi connectivity index (χ3n) is 4.01. The number of carbonyl (C=O) groups excluding carboxylic acids is 2. The van der Waals surface area contributed by atoms with Crippen LogP contribution >= 0.6 is 0 Å². The van der Waals surface area contributed by atoms with E-state index < -0.39 is 6.10 Å². The second kappa shape index (κ2) is 7.72. The lowest BCUT2D eigenvalue weighted by atomic mass is 10.1. The zero-order chi connectivity index (χ0) is 17.6. The maximum Gasteiger partial charge on any atom is 0.255 e. The van der Waals surface area contributed by atoms with Crippen molar-refractivity contribution in [2.75, 3.05) is 25.0 Å². The Hall–Kier alpha value is -2.99. The molecule has 1 saturated heterocycles. The van der Waals surface area contributed by atoms with Crippen LogP contribution in [0.2, 0.25) is 0 Å². The van der Waals surface area contributed by atoms with Gasteiger partial charge in [0.15, 0.2) is 6.10 Å². The van der Waals surface area contributed by atoms with Crippen LogP contribution in [0.15, 0.2) is 61.4 Å². The third kappa shape index (κ3) is 4.10. The molecule has 1 aliphatic heterocycles. The van der Waals surface area contributed by atoms with Crippen molar-refractivity contribution < 1.29 is 14.3 Å². The van der Waals surface area contributed by atoms with Crippen LogP contribution in [0.1, 0.15) is 0 Å². The summed E-state index contributed by atoms with van der Waals surface area (Å²) in [6.07, 6.45) is 4.04. The molecule has 1 N–H and O–H groups in total. The molecule has 25 heavy (non-hydrogen) atoms. The standard InChI is InChI=1S/C19H19N3O3/c1-2-18(23)22-11-12-25-17(13-22)19(24)21-16-5-3-14(4-6-16)15-7-9-20-10-8-15/h2-10,17H,1,11-13H2,(H,21,24)/t17-/m0/s1. The molecule has 0 bridgehead atoms. The molecule has 128 valence electrons. The SMILES string of the molecule is C=CC(=O)N1CCO[C@H](C(=O)Nc2ccc(-c3ccncc3)cc2)C1. The fourth-order valence-corrected chi connectivity index (χ4v) is 2.65. The van der Waals surface area contributed by atoms with Gasteiger partial charge in [-0.2, -0.15) is 0 Å². The van der Waals surface area contributed by atoms with E-state index in [1.165, 1.54) is 6.08 Å². The lowest BCUT2D eigenvalue weighted by molar-refractivity contribution is -0.141. The van der Waals surface area contributed by atoms with Crippen molar-refractivity contribution in [1.82, 2.24) is 9.88 Å². The van der Waals surface area contributed by atoms with E-state index in [0.29, 0.717) is 18.8 Å². The Morgan fingerprint density at radius 3 is 2.52 bits per heavy atom. The number of rotatable bonds is 4. The first-order chi connectivity index (χ1) is 12.2. The Morgan fingerprint density at radius 2 is 1.84 bits per heavy atom. The molecule has 0 spiro atoms. The Morgan fingerprint density at radius 1 is 1.16 bits per heavy atom. The van der Waals surface area contributed by atoms with Crippen molar-refractivity contribution in [3.8, 4) is 11.1 Å². The van der Waals surface area contributed by atoms with Gasteiger partial charge in [-0.05, 0) is 41.5 Å². The van der Waals surface area contributed by atoms with Crippen LogP contribution in [0.4, 0.5) is 5.69 Å². The number of ether oxygens (including phenoxy) is 1. The summed E-state index contributed by atoms with van der Waals surface area (Å²) < 4.78 is 5.48. The van der Waals surface area contributed by atoms with Crippen molar-refractivity contribution >= 4 is 17.5 Å². The molecule has 0 radical (unpaired) electrons. The van der Waals surface area contributed by atoms with E-state index >= 15 is 0 Å². The van der Waals surface area contributed by atoms with Crippen molar-refractivity contribution in [3.63, 3.8) is 0 Å². The van der Waals surface area contributed by atoms with E-state index in [9.17, 15) is 9.59 Å². The zero-order valence-corrected chi connectivity index (χ0v) is 13.7. The van der Waals surface area contributed by atoms with Crippen LogP contribution < -0.4 is 5.32 Å². The number of nitrogens with one attached hydrogen (secondary N) is 1. The van der Waals surface area contributed by atoms with E-state index in [1.54, 1.807) is 17.3 Å². The molecule has 2 heterocycles. The molecule has 1 aromatic carbocycles. The van der Waals surface area contributed by atoms with E-state index in [4.69, 9.17) is 4.74 Å². The van der Waals surface area contributed by atoms with Gasteiger partial charge in [-0.25, -0.2) is 0 Å². The molecule has 3 rings (SSSR count). The highest BCUT2D eigenvalue weighted by molar-refractivity contribution is 5.95. The van der Waals surface area contributed by atoms with Gasteiger partial charge in [-0.3, -0.25) is 14.6 Å². The molecular weight excluding hydrogens is 318 g/mol. The summed E-state index contributed by atoms with van der Waals surface area (Å²) in [7, 11) is 0. The largest absolute Gasteiger partial charge is 0.365 e. The van der Waals surface area contributed by atoms with Gasteiger partial charge in [-0.1, -0.05) is 18.7 Å². The number of anilines is 1. The summed E-state index contributed by atoms with van der Waals surface area (Å²) in [5.41, 5.74) is 2.78. The van der Waals surface area contributed by atoms with Gasteiger partial charge >= 0.3 is 0 Å². The Labute approximate surface area is 146 Å². The lowest BCUT2D eigenvalue weighted by Crippen LogP contribution is -2.49. The number of benzene rings is 1. The van der Waals surface area contributed by atoms with Gasteiger partial charge in [-0.15, -0.1) is 0 Å². The summed E-state index contributed by atoms with van der Waals surface area (Å²) in [6.45, 7) is 4.50. The molecule has 0 unspecified atom stereocenters. The molecular formula is C19H19N3O3. The number of hydrogen-bond donors (Lipinski definition) is 1. The van der Waals surface area contributed by atoms with Gasteiger partial charge < -0.3 is 15.0 Å². The fourth-order valence-electron chi connectivity index (χ4n) is 2.65. The summed E-state index contributed by atoms with van der Waals surface area (Å²) in [5, 5.41) is 2.83. The van der Waals surface area contributed by atoms with E-state index in [-0.39, 0.29) is 18.4 Å². The zero-order valence-electron chi connectivity index (χ0n) is 13.7. The number of pyridine rings is 1. The predicted octanol–water partition coefficient (Wildman–Crippen LogP) is 2.10. The number of nitrogens with zero attached hydrogens (tertiary/aromatic N) is 2. The average molecular weight is 337 g/mol. The Kier molecular flexibility index (Phi) is 5.20. The van der Waals surface area contributed by atoms with Gasteiger partial charge in [0.1, 0.15) is 0 Å². The van der Waals surface area contributed by atoms with Crippen LogP contribution in [0.3, 0.4) is 0 Å². The molecule has 2 amide bonds. The number of morpholine rings is 1. The maximum atomic E-state index is 12.4. The highest BCUT2D eigenvalue weighted by Crippen LogP contribution is 2.21. The first-order valence-corrected chi connectivity index (χ1v) is 8.01. The molecule has 0 saturated carbocycles. The van der Waals surface area contributed by atoms with Gasteiger partial charge in [0, 0.05) is 24.6 Å². The maximum absolute atomic E-state index is 12.4. The predicted molar refractivity (Wildman–Crippen MR) is 94.8 cm³/mol. The molecule has 1 atom stereocenters. The van der Waals surface area contributed by atoms with Crippen molar-refractivity contribution in [1.29, 1.82) is 0 Å². The molecule has 1 fully saturated rings. The van der Waals surface area contributed by atoms with Crippen LogP contribution in [0.25, 0.3) is 11.1 Å². The number of carbonyl (C=O) groups is 2. The minimum Gasteiger partial charge on any atom is -0.365 e. The van der Waals surface area contributed by atoms with E-state index in [0.717, 1.165) is 11.1 Å². The first kappa shape index (κ1) is 16.9. The Bertz CT molecular complexity index is 759. The normalized spacial score (nSPS) is 17.0. The molecule has 0 aliphatic carbocycles. The summed E-state index contributed by atoms with van der Waals surface area (Å²) in [5.74, 6) is -0.457. The summed E-state index contributed by atoms with van der Waals surface area (Å²) in [6, 6.07) is 11.4. The smallest absolute Gasteiger partial charge is 0.255 e. The van der Waals surface area contributed by atoms with Gasteiger partial charge in [0.05, 0.1) is 13.2 Å². The van der Waals surface area contributed by atoms with Crippen LogP contribution in [-0.2, 0) is 14.3 Å². The Balaban J connectivity index is 1.63. The van der Waals surface area contributed by atoms with E-state index in [1.807, 2.05) is 36.4 Å². The lowest BCUT2D eigenvalue weighted by Gasteiger charge is -2.31. The quantitative estimate of drug-likeness (QED) is 0.868.